The Morgan fingerprint density at radius 2 is 2.50 bits per heavy atom. The zero-order valence-corrected chi connectivity index (χ0v) is 10.4. The van der Waals surface area contributed by atoms with Crippen molar-refractivity contribution in [2.24, 2.45) is 11.8 Å². The van der Waals surface area contributed by atoms with E-state index in [4.69, 9.17) is 10.3 Å². The molecule has 4 N–H and O–H groups in total. The molecule has 1 amide bonds. The topological polar surface area (TPSA) is 91.7 Å². The van der Waals surface area contributed by atoms with Crippen LogP contribution in [0, 0.1) is 5.92 Å². The number of nitrogens with one attached hydrogen (secondary N) is 1. The van der Waals surface area contributed by atoms with E-state index in [1.807, 2.05) is 0 Å². The van der Waals surface area contributed by atoms with Crippen molar-refractivity contribution in [1.82, 2.24) is 10.3 Å². The summed E-state index contributed by atoms with van der Waals surface area (Å²) in [4.78, 5) is 13.7. The molecule has 0 aliphatic carbocycles. The molecule has 18 heavy (non-hydrogen) atoms. The maximum absolute atomic E-state index is 11.5. The van der Waals surface area contributed by atoms with Crippen LogP contribution in [0.25, 0.3) is 0 Å². The van der Waals surface area contributed by atoms with Gasteiger partial charge >= 0.3 is 0 Å². The summed E-state index contributed by atoms with van der Waals surface area (Å²) < 4.78 is 5.34. The van der Waals surface area contributed by atoms with Crippen molar-refractivity contribution in [2.75, 3.05) is 13.2 Å². The monoisotopic (exact) mass is 253 g/mol. The largest absolute Gasteiger partial charge is 0.467 e. The van der Waals surface area contributed by atoms with Gasteiger partial charge in [0.2, 0.25) is 0 Å². The van der Waals surface area contributed by atoms with Gasteiger partial charge in [-0.15, -0.1) is 0 Å². The van der Waals surface area contributed by atoms with Crippen LogP contribution < -0.4 is 11.3 Å². The number of hydrazine groups is 1. The molecule has 100 valence electrons. The second kappa shape index (κ2) is 5.51. The minimum absolute atomic E-state index is 0.125. The molecule has 0 saturated carbocycles. The third kappa shape index (κ3) is 2.40. The molecule has 0 bridgehead atoms. The maximum Gasteiger partial charge on any atom is 0.268 e. The van der Waals surface area contributed by atoms with Crippen molar-refractivity contribution in [2.45, 2.75) is 25.9 Å². The number of carbonyl (C=O) groups is 1. The molecule has 0 spiro atoms. The van der Waals surface area contributed by atoms with Crippen LogP contribution >= 0.6 is 0 Å². The van der Waals surface area contributed by atoms with Gasteiger partial charge in [0.05, 0.1) is 25.0 Å². The van der Waals surface area contributed by atoms with E-state index in [-0.39, 0.29) is 18.6 Å². The number of nitrogens with zero attached hydrogens (tertiary/aromatic N) is 1. The number of amides is 1. The van der Waals surface area contributed by atoms with Crippen LogP contribution in [-0.2, 0) is 6.54 Å². The number of rotatable bonds is 4. The fraction of sp³-hybridized carbons (Fsp3) is 0.583. The van der Waals surface area contributed by atoms with Crippen LogP contribution in [0.15, 0.2) is 16.7 Å². The fourth-order valence-electron chi connectivity index (χ4n) is 2.51. The highest BCUT2D eigenvalue weighted by Crippen LogP contribution is 2.26. The predicted molar refractivity (Wildman–Crippen MR) is 65.4 cm³/mol. The summed E-state index contributed by atoms with van der Waals surface area (Å²) in [6, 6.07) is 1.73. The Labute approximate surface area is 106 Å². The Balaban J connectivity index is 2.10. The van der Waals surface area contributed by atoms with Crippen molar-refractivity contribution < 1.29 is 14.3 Å². The third-order valence-corrected chi connectivity index (χ3v) is 3.65. The molecule has 1 saturated heterocycles. The molecule has 1 aromatic heterocycles. The number of hydrogen-bond acceptors (Lipinski definition) is 5. The molecule has 2 rings (SSSR count). The molecule has 1 aliphatic heterocycles. The van der Waals surface area contributed by atoms with Crippen LogP contribution in [0.5, 0.6) is 0 Å². The van der Waals surface area contributed by atoms with Gasteiger partial charge < -0.3 is 9.52 Å². The van der Waals surface area contributed by atoms with Crippen LogP contribution in [0.1, 0.15) is 29.5 Å². The van der Waals surface area contributed by atoms with Gasteiger partial charge in [0.1, 0.15) is 5.76 Å². The molecule has 2 heterocycles. The Hall–Kier alpha value is -1.37. The number of nitrogen functional groups attached to an aromatic ring is 1. The molecule has 1 fully saturated rings. The number of furan rings is 1. The van der Waals surface area contributed by atoms with Crippen LogP contribution in [0.4, 0.5) is 0 Å². The minimum atomic E-state index is -0.355. The van der Waals surface area contributed by atoms with Crippen molar-refractivity contribution >= 4 is 5.91 Å². The van der Waals surface area contributed by atoms with Crippen LogP contribution in [0.3, 0.4) is 0 Å². The number of carbonyl (C=O) groups excluding carboxylic acids is 1. The normalized spacial score (nSPS) is 24.4. The summed E-state index contributed by atoms with van der Waals surface area (Å²) in [5, 5.41) is 9.39. The van der Waals surface area contributed by atoms with Gasteiger partial charge in [-0.25, -0.2) is 5.84 Å². The summed E-state index contributed by atoms with van der Waals surface area (Å²) in [7, 11) is 0. The van der Waals surface area contributed by atoms with Crippen molar-refractivity contribution in [1.29, 1.82) is 0 Å². The van der Waals surface area contributed by atoms with Gasteiger partial charge in [0.25, 0.3) is 5.91 Å². The molecule has 2 unspecified atom stereocenters. The Bertz CT molecular complexity index is 418. The first-order valence-corrected chi connectivity index (χ1v) is 6.09. The summed E-state index contributed by atoms with van der Waals surface area (Å²) >= 11 is 0. The van der Waals surface area contributed by atoms with Gasteiger partial charge in [0.15, 0.2) is 0 Å². The maximum atomic E-state index is 11.5. The first-order chi connectivity index (χ1) is 8.67. The number of aliphatic hydroxyl groups excluding tert-OH is 1. The molecular formula is C12H19N3O3. The summed E-state index contributed by atoms with van der Waals surface area (Å²) in [5.74, 6) is 5.81. The first-order valence-electron chi connectivity index (χ1n) is 6.09. The lowest BCUT2D eigenvalue weighted by molar-refractivity contribution is 0.0946. The number of nitrogens with two attached hydrogens (primary N) is 1. The quantitative estimate of drug-likeness (QED) is 0.402. The zero-order valence-electron chi connectivity index (χ0n) is 10.4. The second-order valence-corrected chi connectivity index (χ2v) is 4.72. The smallest absolute Gasteiger partial charge is 0.268 e. The van der Waals surface area contributed by atoms with Crippen molar-refractivity contribution in [3.63, 3.8) is 0 Å². The van der Waals surface area contributed by atoms with Crippen molar-refractivity contribution in [3.05, 3.63) is 23.7 Å². The first kappa shape index (κ1) is 13.1. The lowest BCUT2D eigenvalue weighted by atomic mass is 10.0. The zero-order chi connectivity index (χ0) is 13.1. The van der Waals surface area contributed by atoms with Gasteiger partial charge in [-0.05, 0) is 24.9 Å². The number of hydrogen-bond donors (Lipinski definition) is 3. The lowest BCUT2D eigenvalue weighted by Crippen LogP contribution is -2.35. The Morgan fingerprint density at radius 3 is 3.17 bits per heavy atom. The van der Waals surface area contributed by atoms with E-state index in [0.717, 1.165) is 13.0 Å². The second-order valence-electron chi connectivity index (χ2n) is 4.72. The number of likely N-dealkylation sites (tertiary alicyclic amines) is 1. The Morgan fingerprint density at radius 1 is 1.72 bits per heavy atom. The fourth-order valence-corrected chi connectivity index (χ4v) is 2.51. The van der Waals surface area contributed by atoms with Gasteiger partial charge in [-0.2, -0.15) is 0 Å². The third-order valence-electron chi connectivity index (χ3n) is 3.65. The molecule has 2 atom stereocenters. The molecule has 0 radical (unpaired) electrons. The van der Waals surface area contributed by atoms with Crippen LogP contribution in [0.2, 0.25) is 0 Å². The highest BCUT2D eigenvalue weighted by Gasteiger charge is 2.31. The average Bonchev–Trinajstić information content (AvgIpc) is 2.96. The molecule has 0 aromatic carbocycles. The average molecular weight is 253 g/mol. The highest BCUT2D eigenvalue weighted by atomic mass is 16.3. The number of aliphatic hydroxyl groups is 1. The molecular weight excluding hydrogens is 234 g/mol. The van der Waals surface area contributed by atoms with Crippen molar-refractivity contribution in [3.8, 4) is 0 Å². The molecule has 6 heteroatoms. The van der Waals surface area contributed by atoms with E-state index < -0.39 is 0 Å². The van der Waals surface area contributed by atoms with E-state index in [1.165, 1.54) is 6.26 Å². The standard InChI is InChI=1S/C12H19N3O3/c1-8-2-4-15(10(8)7-16)6-11-9(3-5-18-11)12(17)14-13/h3,5,8,10,16H,2,4,6-7,13H2,1H3,(H,14,17). The van der Waals surface area contributed by atoms with E-state index in [0.29, 0.717) is 23.8 Å². The van der Waals surface area contributed by atoms with E-state index in [2.05, 4.69) is 17.2 Å². The summed E-state index contributed by atoms with van der Waals surface area (Å²) in [6.45, 7) is 3.67. The van der Waals surface area contributed by atoms with E-state index in [1.54, 1.807) is 6.07 Å². The lowest BCUT2D eigenvalue weighted by Gasteiger charge is -2.24. The van der Waals surface area contributed by atoms with Crippen LogP contribution in [-0.4, -0.2) is 35.1 Å². The molecule has 6 nitrogen and oxygen atoms in total. The van der Waals surface area contributed by atoms with Gasteiger partial charge in [0, 0.05) is 6.04 Å². The van der Waals surface area contributed by atoms with Gasteiger partial charge in [-0.3, -0.25) is 15.1 Å². The molecule has 1 aliphatic rings. The van der Waals surface area contributed by atoms with Gasteiger partial charge in [-0.1, -0.05) is 6.92 Å². The molecule has 1 aromatic rings. The summed E-state index contributed by atoms with van der Waals surface area (Å²) in [5.41, 5.74) is 2.55. The predicted octanol–water partition coefficient (Wildman–Crippen LogP) is 0.0858. The van der Waals surface area contributed by atoms with E-state index in [9.17, 15) is 9.90 Å². The highest BCUT2D eigenvalue weighted by molar-refractivity contribution is 5.94. The summed E-state index contributed by atoms with van der Waals surface area (Å²) in [6.07, 6.45) is 2.53. The van der Waals surface area contributed by atoms with E-state index >= 15 is 0 Å². The minimum Gasteiger partial charge on any atom is -0.467 e. The SMILES string of the molecule is CC1CCN(Cc2occc2C(=O)NN)C1CO. The Kier molecular flexibility index (Phi) is 4.00.